The molecule has 1 saturated heterocycles. The molecule has 4 nitrogen and oxygen atoms in total. The van der Waals surface area contributed by atoms with E-state index in [-0.39, 0.29) is 5.91 Å². The second-order valence-corrected chi connectivity index (χ2v) is 5.16. The van der Waals surface area contributed by atoms with Crippen LogP contribution in [0.5, 0.6) is 0 Å². The third-order valence-corrected chi connectivity index (χ3v) is 3.29. The number of aromatic nitrogens is 1. The summed E-state index contributed by atoms with van der Waals surface area (Å²) in [6.07, 6.45) is 5.33. The fourth-order valence-electron chi connectivity index (χ4n) is 1.81. The molecule has 0 radical (unpaired) electrons. The summed E-state index contributed by atoms with van der Waals surface area (Å²) in [5.74, 6) is -0.0408. The van der Waals surface area contributed by atoms with Crippen LogP contribution in [0.1, 0.15) is 29.8 Å². The Bertz CT molecular complexity index is 359. The van der Waals surface area contributed by atoms with Crippen molar-refractivity contribution in [2.75, 3.05) is 13.2 Å². The maximum atomic E-state index is 11.6. The normalized spacial score (nSPS) is 19.9. The molecule has 1 aromatic heterocycles. The Morgan fingerprint density at radius 3 is 3.19 bits per heavy atom. The molecule has 0 bridgehead atoms. The van der Waals surface area contributed by atoms with Crippen LogP contribution in [0, 0.1) is 3.57 Å². The van der Waals surface area contributed by atoms with E-state index in [9.17, 15) is 4.79 Å². The van der Waals surface area contributed by atoms with Gasteiger partial charge in [-0.25, -0.2) is 0 Å². The van der Waals surface area contributed by atoms with E-state index < -0.39 is 0 Å². The molecule has 5 heteroatoms. The van der Waals surface area contributed by atoms with E-state index in [0.717, 1.165) is 29.4 Å². The van der Waals surface area contributed by atoms with Gasteiger partial charge in [0.05, 0.1) is 6.10 Å². The molecule has 88 valence electrons. The van der Waals surface area contributed by atoms with Gasteiger partial charge in [-0.15, -0.1) is 0 Å². The second-order valence-electron chi connectivity index (χ2n) is 3.91. The summed E-state index contributed by atoms with van der Waals surface area (Å²) >= 11 is 2.17. The monoisotopic (exact) mass is 334 g/mol. The minimum Gasteiger partial charge on any atom is -0.378 e. The molecule has 1 aromatic rings. The summed E-state index contributed by atoms with van der Waals surface area (Å²) in [7, 11) is 0. The van der Waals surface area contributed by atoms with Crippen molar-refractivity contribution >= 4 is 28.5 Å². The molecule has 1 fully saturated rings. The van der Waals surface area contributed by atoms with Crippen molar-refractivity contribution in [3.8, 4) is 0 Å². The van der Waals surface area contributed by atoms with Crippen LogP contribution in [-0.2, 0) is 4.74 Å². The highest BCUT2D eigenvalue weighted by Gasteiger charge is 2.15. The number of H-pyrrole nitrogens is 1. The Kier molecular flexibility index (Phi) is 4.22. The number of hydrogen-bond acceptors (Lipinski definition) is 2. The lowest BCUT2D eigenvalue weighted by Crippen LogP contribution is -2.27. The Morgan fingerprint density at radius 1 is 1.69 bits per heavy atom. The Hall–Kier alpha value is -0.560. The third-order valence-electron chi connectivity index (χ3n) is 2.67. The van der Waals surface area contributed by atoms with Gasteiger partial charge in [-0.2, -0.15) is 0 Å². The number of nitrogens with one attached hydrogen (secondary N) is 2. The first kappa shape index (κ1) is 11.9. The van der Waals surface area contributed by atoms with Gasteiger partial charge < -0.3 is 15.0 Å². The topological polar surface area (TPSA) is 54.1 Å². The van der Waals surface area contributed by atoms with Crippen molar-refractivity contribution in [2.45, 2.75) is 25.4 Å². The molecule has 1 amide bonds. The first-order valence-corrected chi connectivity index (χ1v) is 6.57. The summed E-state index contributed by atoms with van der Waals surface area (Å²) in [5.41, 5.74) is 0.622. The van der Waals surface area contributed by atoms with E-state index in [1.165, 1.54) is 0 Å². The zero-order chi connectivity index (χ0) is 11.4. The van der Waals surface area contributed by atoms with E-state index >= 15 is 0 Å². The molecular formula is C11H15IN2O2. The minimum absolute atomic E-state index is 0.0408. The van der Waals surface area contributed by atoms with Gasteiger partial charge in [-0.3, -0.25) is 4.79 Å². The maximum Gasteiger partial charge on any atom is 0.267 e. The molecular weight excluding hydrogens is 319 g/mol. The number of carbonyl (C=O) groups excluding carboxylic acids is 1. The molecule has 16 heavy (non-hydrogen) atoms. The fraction of sp³-hybridized carbons (Fsp3) is 0.545. The van der Waals surface area contributed by atoms with Gasteiger partial charge in [0.25, 0.3) is 5.91 Å². The van der Waals surface area contributed by atoms with Crippen molar-refractivity contribution in [1.82, 2.24) is 10.3 Å². The fourth-order valence-corrected chi connectivity index (χ4v) is 2.28. The van der Waals surface area contributed by atoms with Gasteiger partial charge >= 0.3 is 0 Å². The van der Waals surface area contributed by atoms with Crippen LogP contribution in [0.3, 0.4) is 0 Å². The largest absolute Gasteiger partial charge is 0.378 e. The number of hydrogen-bond donors (Lipinski definition) is 2. The zero-order valence-electron chi connectivity index (χ0n) is 8.96. The predicted molar refractivity (Wildman–Crippen MR) is 69.4 cm³/mol. The number of rotatable bonds is 4. The third kappa shape index (κ3) is 3.21. The van der Waals surface area contributed by atoms with Crippen molar-refractivity contribution in [3.05, 3.63) is 21.5 Å². The second kappa shape index (κ2) is 5.67. The van der Waals surface area contributed by atoms with Crippen LogP contribution in [-0.4, -0.2) is 30.1 Å². The Balaban J connectivity index is 1.71. The molecule has 1 aliphatic heterocycles. The molecule has 0 aliphatic carbocycles. The van der Waals surface area contributed by atoms with Gasteiger partial charge in [-0.05, 0) is 47.9 Å². The summed E-state index contributed by atoms with van der Waals surface area (Å²) in [6.45, 7) is 1.55. The van der Waals surface area contributed by atoms with Gasteiger partial charge in [0, 0.05) is 22.9 Å². The first-order valence-electron chi connectivity index (χ1n) is 5.49. The van der Waals surface area contributed by atoms with Crippen LogP contribution in [0.4, 0.5) is 0 Å². The van der Waals surface area contributed by atoms with E-state index in [1.807, 2.05) is 12.3 Å². The molecule has 1 atom stereocenters. The van der Waals surface area contributed by atoms with Gasteiger partial charge in [0.1, 0.15) is 5.69 Å². The molecule has 1 aliphatic rings. The van der Waals surface area contributed by atoms with Gasteiger partial charge in [0.15, 0.2) is 0 Å². The molecule has 0 unspecified atom stereocenters. The number of amides is 1. The van der Waals surface area contributed by atoms with Crippen LogP contribution in [0.25, 0.3) is 0 Å². The molecule has 0 saturated carbocycles. The molecule has 2 heterocycles. The van der Waals surface area contributed by atoms with Gasteiger partial charge in [0.2, 0.25) is 0 Å². The molecule has 0 spiro atoms. The highest BCUT2D eigenvalue weighted by Crippen LogP contribution is 2.14. The zero-order valence-corrected chi connectivity index (χ0v) is 11.1. The van der Waals surface area contributed by atoms with Crippen LogP contribution in [0.15, 0.2) is 12.3 Å². The van der Waals surface area contributed by atoms with E-state index in [4.69, 9.17) is 4.74 Å². The van der Waals surface area contributed by atoms with E-state index in [1.54, 1.807) is 0 Å². The number of carbonyl (C=O) groups is 1. The standard InChI is InChI=1S/C11H15IN2O2/c12-8-6-10(14-7-8)11(15)13-4-3-9-2-1-5-16-9/h6-7,9,14H,1-5H2,(H,13,15)/t9-/m1/s1. The Morgan fingerprint density at radius 2 is 2.56 bits per heavy atom. The van der Waals surface area contributed by atoms with Gasteiger partial charge in [-0.1, -0.05) is 0 Å². The average molecular weight is 334 g/mol. The summed E-state index contributed by atoms with van der Waals surface area (Å²) in [4.78, 5) is 14.6. The van der Waals surface area contributed by atoms with Crippen molar-refractivity contribution in [1.29, 1.82) is 0 Å². The minimum atomic E-state index is -0.0408. The average Bonchev–Trinajstić information content (AvgIpc) is 2.89. The smallest absolute Gasteiger partial charge is 0.267 e. The number of aromatic amines is 1. The van der Waals surface area contributed by atoms with Crippen LogP contribution in [0.2, 0.25) is 0 Å². The lowest BCUT2D eigenvalue weighted by molar-refractivity contribution is 0.0903. The SMILES string of the molecule is O=C(NCC[C@H]1CCCO1)c1cc(I)c[nH]1. The van der Waals surface area contributed by atoms with Crippen LogP contribution >= 0.6 is 22.6 Å². The Labute approximate surface area is 108 Å². The quantitative estimate of drug-likeness (QED) is 0.827. The lowest BCUT2D eigenvalue weighted by Gasteiger charge is -2.09. The van der Waals surface area contributed by atoms with Crippen molar-refractivity contribution in [2.24, 2.45) is 0 Å². The first-order chi connectivity index (χ1) is 7.75. The van der Waals surface area contributed by atoms with Crippen molar-refractivity contribution in [3.63, 3.8) is 0 Å². The summed E-state index contributed by atoms with van der Waals surface area (Å²) < 4.78 is 6.53. The summed E-state index contributed by atoms with van der Waals surface area (Å²) in [5, 5.41) is 2.89. The highest BCUT2D eigenvalue weighted by molar-refractivity contribution is 14.1. The molecule has 0 aromatic carbocycles. The highest BCUT2D eigenvalue weighted by atomic mass is 127. The predicted octanol–water partition coefficient (Wildman–Crippen LogP) is 1.92. The van der Waals surface area contributed by atoms with Crippen molar-refractivity contribution < 1.29 is 9.53 Å². The molecule has 2 N–H and O–H groups in total. The maximum absolute atomic E-state index is 11.6. The summed E-state index contributed by atoms with van der Waals surface area (Å²) in [6, 6.07) is 1.84. The van der Waals surface area contributed by atoms with Crippen LogP contribution < -0.4 is 5.32 Å². The van der Waals surface area contributed by atoms with E-state index in [2.05, 4.69) is 32.9 Å². The number of halogens is 1. The lowest BCUT2D eigenvalue weighted by atomic mass is 10.2. The number of ether oxygens (including phenoxy) is 1. The van der Waals surface area contributed by atoms with E-state index in [0.29, 0.717) is 18.3 Å². The molecule has 2 rings (SSSR count).